The van der Waals surface area contributed by atoms with E-state index < -0.39 is 6.43 Å². The molecule has 2 nitrogen and oxygen atoms in total. The highest BCUT2D eigenvalue weighted by atomic mass is 127. The fourth-order valence-electron chi connectivity index (χ4n) is 0.759. The van der Waals surface area contributed by atoms with E-state index in [1.165, 1.54) is 12.1 Å². The van der Waals surface area contributed by atoms with Gasteiger partial charge in [0.2, 0.25) is 0 Å². The molecule has 0 aliphatic rings. The lowest BCUT2D eigenvalue weighted by atomic mass is 10.2. The first-order valence-corrected chi connectivity index (χ1v) is 4.36. The first-order chi connectivity index (χ1) is 5.65. The first-order valence-electron chi connectivity index (χ1n) is 3.28. The molecule has 0 aliphatic carbocycles. The van der Waals surface area contributed by atoms with Gasteiger partial charge in [0.15, 0.2) is 0 Å². The number of pyridine rings is 1. The normalized spacial score (nSPS) is 10.8. The van der Waals surface area contributed by atoms with Gasteiger partial charge >= 0.3 is 0 Å². The van der Waals surface area contributed by atoms with Gasteiger partial charge in [-0.25, -0.2) is 13.8 Å². The molecule has 0 bridgehead atoms. The maximum absolute atomic E-state index is 12.2. The molecule has 0 radical (unpaired) electrons. The average molecular weight is 284 g/mol. The predicted molar refractivity (Wildman–Crippen MR) is 49.8 cm³/mol. The maximum Gasteiger partial charge on any atom is 0.266 e. The molecule has 0 atom stereocenters. The summed E-state index contributed by atoms with van der Waals surface area (Å²) >= 11 is 1.78. The van der Waals surface area contributed by atoms with Crippen molar-refractivity contribution in [2.24, 2.45) is 5.73 Å². The molecule has 0 aromatic carbocycles. The standard InChI is InChI=1S/C7H7F2IN2/c8-6(9)5-2-1-4(3-11)12-7(5)10/h1-2,6H,3,11H2. The van der Waals surface area contributed by atoms with E-state index in [2.05, 4.69) is 4.98 Å². The summed E-state index contributed by atoms with van der Waals surface area (Å²) < 4.78 is 24.7. The Balaban J connectivity index is 3.03. The number of hydrogen-bond donors (Lipinski definition) is 1. The summed E-state index contributed by atoms with van der Waals surface area (Å²) in [5.41, 5.74) is 5.89. The molecule has 1 rings (SSSR count). The molecule has 1 heterocycles. The Labute approximate surface area is 82.3 Å². The van der Waals surface area contributed by atoms with E-state index in [0.717, 1.165) is 0 Å². The zero-order valence-corrected chi connectivity index (χ0v) is 8.26. The number of alkyl halides is 2. The first kappa shape index (κ1) is 9.79. The van der Waals surface area contributed by atoms with Gasteiger partial charge in [-0.2, -0.15) is 0 Å². The van der Waals surface area contributed by atoms with Gasteiger partial charge in [-0.15, -0.1) is 0 Å². The van der Waals surface area contributed by atoms with Gasteiger partial charge in [0.25, 0.3) is 6.43 Å². The molecular weight excluding hydrogens is 277 g/mol. The van der Waals surface area contributed by atoms with Crippen molar-refractivity contribution in [3.05, 3.63) is 27.1 Å². The van der Waals surface area contributed by atoms with Gasteiger partial charge in [-0.1, -0.05) is 0 Å². The third-order valence-electron chi connectivity index (χ3n) is 1.38. The molecule has 0 saturated heterocycles. The van der Waals surface area contributed by atoms with Crippen molar-refractivity contribution in [3.63, 3.8) is 0 Å². The van der Waals surface area contributed by atoms with E-state index in [4.69, 9.17) is 5.73 Å². The molecule has 1 aromatic rings. The van der Waals surface area contributed by atoms with Crippen LogP contribution in [-0.2, 0) is 6.54 Å². The second kappa shape index (κ2) is 4.08. The summed E-state index contributed by atoms with van der Waals surface area (Å²) in [5.74, 6) is 0. The quantitative estimate of drug-likeness (QED) is 0.667. The number of aromatic nitrogens is 1. The van der Waals surface area contributed by atoms with Gasteiger partial charge in [0.05, 0.1) is 5.69 Å². The Bertz CT molecular complexity index is 278. The highest BCUT2D eigenvalue weighted by molar-refractivity contribution is 14.1. The van der Waals surface area contributed by atoms with Crippen LogP contribution in [0.3, 0.4) is 0 Å². The summed E-state index contributed by atoms with van der Waals surface area (Å²) in [6.45, 7) is 0.277. The van der Waals surface area contributed by atoms with E-state index in [1.807, 2.05) is 0 Å². The number of rotatable bonds is 2. The van der Waals surface area contributed by atoms with Crippen molar-refractivity contribution >= 4 is 22.6 Å². The van der Waals surface area contributed by atoms with E-state index in [1.54, 1.807) is 22.6 Å². The average Bonchev–Trinajstić information content (AvgIpc) is 2.03. The summed E-state index contributed by atoms with van der Waals surface area (Å²) in [7, 11) is 0. The van der Waals surface area contributed by atoms with Crippen LogP contribution in [0.25, 0.3) is 0 Å². The van der Waals surface area contributed by atoms with E-state index in [9.17, 15) is 8.78 Å². The van der Waals surface area contributed by atoms with E-state index in [-0.39, 0.29) is 12.1 Å². The van der Waals surface area contributed by atoms with Gasteiger partial charge in [-0.05, 0) is 34.7 Å². The highest BCUT2D eigenvalue weighted by Gasteiger charge is 2.11. The summed E-state index contributed by atoms with van der Waals surface area (Å²) in [6, 6.07) is 2.88. The van der Waals surface area contributed by atoms with Crippen molar-refractivity contribution < 1.29 is 8.78 Å². The van der Waals surface area contributed by atoms with Crippen LogP contribution in [0.1, 0.15) is 17.7 Å². The minimum Gasteiger partial charge on any atom is -0.325 e. The number of nitrogens with zero attached hydrogens (tertiary/aromatic N) is 1. The molecule has 0 spiro atoms. The van der Waals surface area contributed by atoms with Crippen LogP contribution in [0.4, 0.5) is 8.78 Å². The fraction of sp³-hybridized carbons (Fsp3) is 0.286. The van der Waals surface area contributed by atoms with Crippen LogP contribution in [0, 0.1) is 3.70 Å². The van der Waals surface area contributed by atoms with Gasteiger partial charge in [-0.3, -0.25) is 0 Å². The van der Waals surface area contributed by atoms with Crippen LogP contribution in [-0.4, -0.2) is 4.98 Å². The van der Waals surface area contributed by atoms with Gasteiger partial charge in [0.1, 0.15) is 3.70 Å². The molecule has 0 unspecified atom stereocenters. The Morgan fingerprint density at radius 1 is 1.50 bits per heavy atom. The van der Waals surface area contributed by atoms with Crippen LogP contribution in [0.15, 0.2) is 12.1 Å². The molecule has 5 heteroatoms. The molecule has 12 heavy (non-hydrogen) atoms. The van der Waals surface area contributed by atoms with Crippen LogP contribution >= 0.6 is 22.6 Å². The Kier molecular flexibility index (Phi) is 3.33. The van der Waals surface area contributed by atoms with Crippen LogP contribution in [0.2, 0.25) is 0 Å². The number of halogens is 3. The smallest absolute Gasteiger partial charge is 0.266 e. The second-order valence-electron chi connectivity index (χ2n) is 2.19. The van der Waals surface area contributed by atoms with E-state index >= 15 is 0 Å². The monoisotopic (exact) mass is 284 g/mol. The second-order valence-corrected chi connectivity index (χ2v) is 3.21. The molecule has 0 aliphatic heterocycles. The molecule has 0 amide bonds. The third kappa shape index (κ3) is 2.10. The summed E-state index contributed by atoms with van der Waals surface area (Å²) in [4.78, 5) is 3.89. The molecular formula is C7H7F2IN2. The van der Waals surface area contributed by atoms with Crippen molar-refractivity contribution in [2.45, 2.75) is 13.0 Å². The lowest BCUT2D eigenvalue weighted by Crippen LogP contribution is -2.02. The van der Waals surface area contributed by atoms with Crippen molar-refractivity contribution in [1.82, 2.24) is 4.98 Å². The zero-order valence-electron chi connectivity index (χ0n) is 6.10. The van der Waals surface area contributed by atoms with Crippen molar-refractivity contribution in [2.75, 3.05) is 0 Å². The van der Waals surface area contributed by atoms with Gasteiger partial charge in [0, 0.05) is 12.1 Å². The topological polar surface area (TPSA) is 38.9 Å². The lowest BCUT2D eigenvalue weighted by molar-refractivity contribution is 0.150. The van der Waals surface area contributed by atoms with Crippen molar-refractivity contribution in [3.8, 4) is 0 Å². The fourth-order valence-corrected chi connectivity index (χ4v) is 1.48. The Morgan fingerprint density at radius 3 is 2.58 bits per heavy atom. The van der Waals surface area contributed by atoms with Gasteiger partial charge < -0.3 is 5.73 Å². The highest BCUT2D eigenvalue weighted by Crippen LogP contribution is 2.22. The predicted octanol–water partition coefficient (Wildman–Crippen LogP) is 2.08. The van der Waals surface area contributed by atoms with Crippen LogP contribution in [0.5, 0.6) is 0 Å². The number of nitrogens with two attached hydrogens (primary N) is 1. The molecule has 1 aromatic heterocycles. The maximum atomic E-state index is 12.2. The number of hydrogen-bond acceptors (Lipinski definition) is 2. The minimum atomic E-state index is -2.46. The molecule has 0 fully saturated rings. The van der Waals surface area contributed by atoms with E-state index in [0.29, 0.717) is 9.39 Å². The molecule has 0 saturated carbocycles. The largest absolute Gasteiger partial charge is 0.325 e. The third-order valence-corrected chi connectivity index (χ3v) is 2.24. The minimum absolute atomic E-state index is 0.0344. The molecule has 2 N–H and O–H groups in total. The molecule has 66 valence electrons. The zero-order chi connectivity index (χ0) is 9.14. The summed E-state index contributed by atoms with van der Waals surface area (Å²) in [6.07, 6.45) is -2.46. The Hall–Kier alpha value is -0.300. The lowest BCUT2D eigenvalue weighted by Gasteiger charge is -2.03. The Morgan fingerprint density at radius 2 is 2.17 bits per heavy atom. The van der Waals surface area contributed by atoms with Crippen LogP contribution < -0.4 is 5.73 Å². The summed E-state index contributed by atoms with van der Waals surface area (Å²) in [5, 5.41) is 0. The SMILES string of the molecule is NCc1ccc(C(F)F)c(I)n1. The van der Waals surface area contributed by atoms with Crippen molar-refractivity contribution in [1.29, 1.82) is 0 Å².